The summed E-state index contributed by atoms with van der Waals surface area (Å²) in [5, 5.41) is 0. The van der Waals surface area contributed by atoms with Crippen molar-refractivity contribution >= 4 is 22.7 Å². The summed E-state index contributed by atoms with van der Waals surface area (Å²) in [6, 6.07) is 19.7. The molecule has 0 atom stereocenters. The van der Waals surface area contributed by atoms with Gasteiger partial charge in [0.1, 0.15) is 0 Å². The van der Waals surface area contributed by atoms with E-state index in [1.807, 2.05) is 88.4 Å². The molecule has 2 aromatic rings. The van der Waals surface area contributed by atoms with Crippen molar-refractivity contribution < 1.29 is 9.59 Å². The van der Waals surface area contributed by atoms with Crippen LogP contribution in [0.15, 0.2) is 71.8 Å². The van der Waals surface area contributed by atoms with Gasteiger partial charge in [-0.15, -0.1) is 0 Å². The molecule has 0 aliphatic heterocycles. The van der Waals surface area contributed by atoms with Gasteiger partial charge in [-0.3, -0.25) is 9.59 Å². The average molecular weight is 342 g/mol. The highest BCUT2D eigenvalue weighted by molar-refractivity contribution is 6.36. The summed E-state index contributed by atoms with van der Waals surface area (Å²) in [6.45, 7) is 7.72. The molecule has 2 heteroatoms. The van der Waals surface area contributed by atoms with E-state index in [4.69, 9.17) is 0 Å². The Labute approximate surface area is 154 Å². The zero-order valence-electron chi connectivity index (χ0n) is 15.6. The van der Waals surface area contributed by atoms with Crippen LogP contribution in [0.5, 0.6) is 0 Å². The van der Waals surface area contributed by atoms with Gasteiger partial charge in [-0.25, -0.2) is 0 Å². The Morgan fingerprint density at radius 3 is 1.15 bits per heavy atom. The lowest BCUT2D eigenvalue weighted by Gasteiger charge is -2.26. The van der Waals surface area contributed by atoms with Crippen molar-refractivity contribution in [1.29, 1.82) is 0 Å². The molecule has 0 N–H and O–H groups in total. The quantitative estimate of drug-likeness (QED) is 0.760. The predicted molar refractivity (Wildman–Crippen MR) is 104 cm³/mol. The van der Waals surface area contributed by atoms with E-state index >= 15 is 0 Å². The van der Waals surface area contributed by atoms with Gasteiger partial charge >= 0.3 is 0 Å². The zero-order chi connectivity index (χ0) is 18.7. The maximum atomic E-state index is 13.5. The first-order valence-corrected chi connectivity index (χ1v) is 8.98. The van der Waals surface area contributed by atoms with Gasteiger partial charge in [-0.05, 0) is 50.0 Å². The number of hydrogen-bond donors (Lipinski definition) is 0. The fraction of sp³-hybridized carbons (Fsp3) is 0.250. The van der Waals surface area contributed by atoms with E-state index < -0.39 is 10.8 Å². The highest BCUT2D eigenvalue weighted by atomic mass is 16.1. The van der Waals surface area contributed by atoms with Crippen molar-refractivity contribution in [2.24, 2.45) is 10.8 Å². The number of ketones is 2. The van der Waals surface area contributed by atoms with Crippen LogP contribution in [0, 0.1) is 10.8 Å². The van der Waals surface area contributed by atoms with Crippen molar-refractivity contribution in [1.82, 2.24) is 0 Å². The van der Waals surface area contributed by atoms with Gasteiger partial charge in [-0.2, -0.15) is 0 Å². The summed E-state index contributed by atoms with van der Waals surface area (Å²) in [4.78, 5) is 26.9. The van der Waals surface area contributed by atoms with E-state index in [1.54, 1.807) is 0 Å². The highest BCUT2D eigenvalue weighted by Gasteiger charge is 2.56. The monoisotopic (exact) mass is 342 g/mol. The first-order valence-electron chi connectivity index (χ1n) is 8.98. The summed E-state index contributed by atoms with van der Waals surface area (Å²) in [5.41, 5.74) is 3.45. The number of carbonyl (C=O) groups excluding carboxylic acids is 2. The lowest BCUT2D eigenvalue weighted by molar-refractivity contribution is -0.121. The Balaban J connectivity index is 2.10. The predicted octanol–water partition coefficient (Wildman–Crippen LogP) is 5.11. The molecule has 0 spiro atoms. The van der Waals surface area contributed by atoms with Crippen LogP contribution in [0.3, 0.4) is 0 Å². The molecule has 26 heavy (non-hydrogen) atoms. The Kier molecular flexibility index (Phi) is 3.46. The molecule has 2 aliphatic carbocycles. The lowest BCUT2D eigenvalue weighted by Crippen LogP contribution is -2.26. The number of carbonyl (C=O) groups is 2. The Morgan fingerprint density at radius 2 is 0.846 bits per heavy atom. The fourth-order valence-electron chi connectivity index (χ4n) is 4.40. The first kappa shape index (κ1) is 16.7. The number of Topliss-reactive ketones (excluding diaryl/α,β-unsaturated/α-hetero) is 2. The third kappa shape index (κ3) is 2.05. The van der Waals surface area contributed by atoms with Gasteiger partial charge < -0.3 is 0 Å². The van der Waals surface area contributed by atoms with Gasteiger partial charge in [0.05, 0.1) is 10.8 Å². The van der Waals surface area contributed by atoms with Gasteiger partial charge in [0.2, 0.25) is 0 Å². The van der Waals surface area contributed by atoms with Gasteiger partial charge in [-0.1, -0.05) is 60.7 Å². The van der Waals surface area contributed by atoms with Crippen LogP contribution < -0.4 is 0 Å². The van der Waals surface area contributed by atoms with E-state index in [2.05, 4.69) is 0 Å². The molecule has 0 heterocycles. The smallest absolute Gasteiger partial charge is 0.173 e. The molecular formula is C24H22O2. The molecule has 0 aromatic heterocycles. The minimum atomic E-state index is -0.710. The van der Waals surface area contributed by atoms with E-state index in [0.29, 0.717) is 11.1 Å². The van der Waals surface area contributed by atoms with Crippen LogP contribution >= 0.6 is 0 Å². The minimum absolute atomic E-state index is 0.0455. The number of benzene rings is 2. The van der Waals surface area contributed by atoms with Crippen molar-refractivity contribution in [3.8, 4) is 0 Å². The molecule has 4 rings (SSSR count). The molecule has 0 saturated heterocycles. The van der Waals surface area contributed by atoms with Gasteiger partial charge in [0.25, 0.3) is 0 Å². The van der Waals surface area contributed by atoms with Crippen molar-refractivity contribution in [3.63, 3.8) is 0 Å². The van der Waals surface area contributed by atoms with E-state index in [-0.39, 0.29) is 11.6 Å². The van der Waals surface area contributed by atoms with Crippen molar-refractivity contribution in [2.45, 2.75) is 27.7 Å². The van der Waals surface area contributed by atoms with E-state index in [0.717, 1.165) is 22.3 Å². The highest BCUT2D eigenvalue weighted by Crippen LogP contribution is 2.59. The fourth-order valence-corrected chi connectivity index (χ4v) is 4.40. The van der Waals surface area contributed by atoms with Gasteiger partial charge in [0.15, 0.2) is 11.6 Å². The Bertz CT molecular complexity index is 904. The standard InChI is InChI=1S/C24H22O2/c1-23(2)19(15-11-7-5-8-12-15)17-18(21(23)25)20(24(3,4)22(17)26)16-13-9-6-10-14-16/h5-14H,1-4H3. The summed E-state index contributed by atoms with van der Waals surface area (Å²) >= 11 is 0. The molecule has 2 nitrogen and oxygen atoms in total. The molecule has 130 valence electrons. The zero-order valence-corrected chi connectivity index (χ0v) is 15.6. The summed E-state index contributed by atoms with van der Waals surface area (Å²) in [6.07, 6.45) is 0. The summed E-state index contributed by atoms with van der Waals surface area (Å²) < 4.78 is 0. The molecule has 0 bridgehead atoms. The summed E-state index contributed by atoms with van der Waals surface area (Å²) in [7, 11) is 0. The van der Waals surface area contributed by atoms with Crippen molar-refractivity contribution in [2.75, 3.05) is 0 Å². The van der Waals surface area contributed by atoms with Crippen molar-refractivity contribution in [3.05, 3.63) is 82.9 Å². The van der Waals surface area contributed by atoms with E-state index in [9.17, 15) is 9.59 Å². The molecule has 2 aliphatic rings. The topological polar surface area (TPSA) is 34.1 Å². The Hall–Kier alpha value is -2.74. The third-order valence-corrected chi connectivity index (χ3v) is 5.71. The average Bonchev–Trinajstić information content (AvgIpc) is 2.95. The van der Waals surface area contributed by atoms with Crippen LogP contribution in [0.1, 0.15) is 38.8 Å². The second kappa shape index (κ2) is 5.38. The second-order valence-electron chi connectivity index (χ2n) is 8.14. The van der Waals surface area contributed by atoms with Crippen LogP contribution in [-0.4, -0.2) is 11.6 Å². The number of rotatable bonds is 2. The molecule has 0 amide bonds. The number of fused-ring (bicyclic) bond motifs is 1. The third-order valence-electron chi connectivity index (χ3n) is 5.71. The number of hydrogen-bond acceptors (Lipinski definition) is 2. The molecule has 0 fully saturated rings. The first-order chi connectivity index (χ1) is 12.3. The molecule has 0 saturated carbocycles. The molecule has 2 aromatic carbocycles. The molecular weight excluding hydrogens is 320 g/mol. The minimum Gasteiger partial charge on any atom is -0.293 e. The largest absolute Gasteiger partial charge is 0.293 e. The summed E-state index contributed by atoms with van der Waals surface area (Å²) in [5.74, 6) is 0.0910. The van der Waals surface area contributed by atoms with Crippen LogP contribution in [-0.2, 0) is 9.59 Å². The SMILES string of the molecule is CC1(C)C(=O)C2=C(c3ccccc3)C(C)(C)C(=O)C2=C1c1ccccc1. The molecule has 0 unspecified atom stereocenters. The lowest BCUT2D eigenvalue weighted by atomic mass is 9.74. The normalized spacial score (nSPS) is 20.8. The second-order valence-corrected chi connectivity index (χ2v) is 8.14. The van der Waals surface area contributed by atoms with Crippen LogP contribution in [0.25, 0.3) is 11.1 Å². The number of allylic oxidation sites excluding steroid dienone is 4. The van der Waals surface area contributed by atoms with Gasteiger partial charge in [0, 0.05) is 11.1 Å². The Morgan fingerprint density at radius 1 is 0.538 bits per heavy atom. The van der Waals surface area contributed by atoms with Crippen LogP contribution in [0.2, 0.25) is 0 Å². The van der Waals surface area contributed by atoms with E-state index in [1.165, 1.54) is 0 Å². The maximum Gasteiger partial charge on any atom is 0.173 e. The molecule has 0 radical (unpaired) electrons. The maximum absolute atomic E-state index is 13.5. The van der Waals surface area contributed by atoms with Crippen LogP contribution in [0.4, 0.5) is 0 Å².